The van der Waals surface area contributed by atoms with E-state index in [2.05, 4.69) is 43.2 Å². The number of carbonyl (C=O) groups excluding carboxylic acids is 1. The molecule has 1 amide bonds. The number of nitrogens with zero attached hydrogens (tertiary/aromatic N) is 1. The molecule has 0 bridgehead atoms. The van der Waals surface area contributed by atoms with E-state index >= 15 is 0 Å². The number of nitrogens with one attached hydrogen (secondary N) is 1. The van der Waals surface area contributed by atoms with Crippen molar-refractivity contribution in [2.24, 2.45) is 0 Å². The Bertz CT molecular complexity index is 1130. The average molecular weight is 429 g/mol. The van der Waals surface area contributed by atoms with Crippen molar-refractivity contribution in [3.8, 4) is 11.3 Å². The number of thiazole rings is 1. The number of anilines is 1. The average Bonchev–Trinajstić information content (AvgIpc) is 3.08. The molecule has 0 fully saturated rings. The van der Waals surface area contributed by atoms with Crippen molar-refractivity contribution < 1.29 is 13.2 Å². The third-order valence-electron chi connectivity index (χ3n) is 4.39. The highest BCUT2D eigenvalue weighted by Gasteiger charge is 2.15. The molecule has 3 aromatic rings. The number of aromatic nitrogens is 1. The monoisotopic (exact) mass is 428 g/mol. The molecular formula is C22H24N2O3S2. The molecule has 1 heterocycles. The van der Waals surface area contributed by atoms with Gasteiger partial charge >= 0.3 is 0 Å². The molecule has 0 unspecified atom stereocenters. The van der Waals surface area contributed by atoms with Crippen LogP contribution < -0.4 is 5.32 Å². The lowest BCUT2D eigenvalue weighted by Gasteiger charge is -2.18. The predicted octanol–water partition coefficient (Wildman–Crippen LogP) is 4.90. The molecule has 5 nitrogen and oxygen atoms in total. The van der Waals surface area contributed by atoms with Gasteiger partial charge in [0, 0.05) is 22.8 Å². The zero-order chi connectivity index (χ0) is 21.2. The number of carbonyl (C=O) groups is 1. The van der Waals surface area contributed by atoms with E-state index in [-0.39, 0.29) is 17.1 Å². The van der Waals surface area contributed by atoms with Crippen LogP contribution >= 0.6 is 11.3 Å². The molecule has 0 saturated heterocycles. The second-order valence-electron chi connectivity index (χ2n) is 8.09. The molecule has 7 heteroatoms. The van der Waals surface area contributed by atoms with Gasteiger partial charge in [0.25, 0.3) is 5.91 Å². The van der Waals surface area contributed by atoms with Crippen molar-refractivity contribution in [1.82, 2.24) is 4.98 Å². The normalized spacial score (nSPS) is 12.0. The molecule has 0 aliphatic heterocycles. The molecule has 0 saturated carbocycles. The lowest BCUT2D eigenvalue weighted by atomic mass is 9.86. The quantitative estimate of drug-likeness (QED) is 0.627. The van der Waals surface area contributed by atoms with Gasteiger partial charge in [0.1, 0.15) is 0 Å². The fourth-order valence-corrected chi connectivity index (χ4v) is 4.38. The van der Waals surface area contributed by atoms with Crippen LogP contribution in [0, 0.1) is 0 Å². The van der Waals surface area contributed by atoms with Gasteiger partial charge in [-0.05, 0) is 28.7 Å². The standard InChI is InChI=1S/C22H24N2O3S2/c1-22(2,3)18-10-8-16(9-11-18)19-13-28-21(23-19)24-20(25)17-7-5-6-15(12-17)14-29(4,26)27/h5-13H,14H2,1-4H3,(H,23,24,25). The summed E-state index contributed by atoms with van der Waals surface area (Å²) in [7, 11) is -3.16. The van der Waals surface area contributed by atoms with Crippen molar-refractivity contribution in [2.45, 2.75) is 31.9 Å². The Kier molecular flexibility index (Phi) is 5.91. The minimum absolute atomic E-state index is 0.0887. The molecule has 0 aliphatic carbocycles. The number of benzene rings is 2. The van der Waals surface area contributed by atoms with Crippen molar-refractivity contribution in [3.05, 3.63) is 70.6 Å². The largest absolute Gasteiger partial charge is 0.298 e. The van der Waals surface area contributed by atoms with Gasteiger partial charge in [0.15, 0.2) is 15.0 Å². The van der Waals surface area contributed by atoms with Crippen LogP contribution in [-0.4, -0.2) is 25.6 Å². The zero-order valence-corrected chi connectivity index (χ0v) is 18.5. The first-order valence-electron chi connectivity index (χ1n) is 9.16. The maximum atomic E-state index is 12.5. The van der Waals surface area contributed by atoms with E-state index in [4.69, 9.17) is 0 Å². The molecule has 1 aromatic heterocycles. The number of sulfone groups is 1. The van der Waals surface area contributed by atoms with E-state index in [0.717, 1.165) is 11.3 Å². The molecule has 2 aromatic carbocycles. The Morgan fingerprint density at radius 2 is 1.79 bits per heavy atom. The van der Waals surface area contributed by atoms with Crippen LogP contribution in [0.15, 0.2) is 53.9 Å². The second-order valence-corrected chi connectivity index (χ2v) is 11.1. The SMILES string of the molecule is CC(C)(C)c1ccc(-c2csc(NC(=O)c3cccc(CS(C)(=O)=O)c3)n2)cc1. The van der Waals surface area contributed by atoms with E-state index in [1.807, 2.05) is 17.5 Å². The molecule has 0 spiro atoms. The Balaban J connectivity index is 1.73. The van der Waals surface area contributed by atoms with E-state index in [9.17, 15) is 13.2 Å². The summed E-state index contributed by atoms with van der Waals surface area (Å²) >= 11 is 1.35. The van der Waals surface area contributed by atoms with Crippen LogP contribution in [0.4, 0.5) is 5.13 Å². The summed E-state index contributed by atoms with van der Waals surface area (Å²) in [6, 6.07) is 14.9. The van der Waals surface area contributed by atoms with Crippen molar-refractivity contribution in [3.63, 3.8) is 0 Å². The van der Waals surface area contributed by atoms with Gasteiger partial charge in [-0.3, -0.25) is 10.1 Å². The molecule has 0 radical (unpaired) electrons. The van der Waals surface area contributed by atoms with E-state index in [0.29, 0.717) is 16.3 Å². The van der Waals surface area contributed by atoms with Gasteiger partial charge < -0.3 is 0 Å². The fourth-order valence-electron chi connectivity index (χ4n) is 2.88. The number of rotatable bonds is 5. The van der Waals surface area contributed by atoms with Gasteiger partial charge in [-0.25, -0.2) is 13.4 Å². The molecule has 29 heavy (non-hydrogen) atoms. The van der Waals surface area contributed by atoms with Crippen LogP contribution in [0.5, 0.6) is 0 Å². The number of hydrogen-bond donors (Lipinski definition) is 1. The van der Waals surface area contributed by atoms with Crippen molar-refractivity contribution in [1.29, 1.82) is 0 Å². The first-order valence-corrected chi connectivity index (χ1v) is 12.1. The molecule has 0 atom stereocenters. The highest BCUT2D eigenvalue weighted by Crippen LogP contribution is 2.28. The maximum absolute atomic E-state index is 12.5. The zero-order valence-electron chi connectivity index (χ0n) is 16.9. The van der Waals surface area contributed by atoms with Crippen molar-refractivity contribution >= 4 is 32.2 Å². The fraction of sp³-hybridized carbons (Fsp3) is 0.273. The topological polar surface area (TPSA) is 76.1 Å². The lowest BCUT2D eigenvalue weighted by molar-refractivity contribution is 0.102. The van der Waals surface area contributed by atoms with Crippen molar-refractivity contribution in [2.75, 3.05) is 11.6 Å². The van der Waals surface area contributed by atoms with Crippen LogP contribution in [0.25, 0.3) is 11.3 Å². The second kappa shape index (κ2) is 8.08. The molecule has 3 rings (SSSR count). The van der Waals surface area contributed by atoms with E-state index in [1.54, 1.807) is 24.3 Å². The molecule has 0 aliphatic rings. The molecule has 1 N–H and O–H groups in total. The highest BCUT2D eigenvalue weighted by atomic mass is 32.2. The summed E-state index contributed by atoms with van der Waals surface area (Å²) in [6.07, 6.45) is 1.17. The molecule has 152 valence electrons. The van der Waals surface area contributed by atoms with E-state index < -0.39 is 9.84 Å². The predicted molar refractivity (Wildman–Crippen MR) is 119 cm³/mol. The Morgan fingerprint density at radius 1 is 1.10 bits per heavy atom. The highest BCUT2D eigenvalue weighted by molar-refractivity contribution is 7.89. The summed E-state index contributed by atoms with van der Waals surface area (Å²) in [5.74, 6) is -0.413. The minimum Gasteiger partial charge on any atom is -0.298 e. The number of amides is 1. The Hall–Kier alpha value is -2.51. The summed E-state index contributed by atoms with van der Waals surface area (Å²) in [5.41, 5.74) is 4.11. The first kappa shape index (κ1) is 21.2. The smallest absolute Gasteiger partial charge is 0.257 e. The maximum Gasteiger partial charge on any atom is 0.257 e. The van der Waals surface area contributed by atoms with Gasteiger partial charge in [0.2, 0.25) is 0 Å². The van der Waals surface area contributed by atoms with Crippen LogP contribution in [0.1, 0.15) is 42.3 Å². The summed E-state index contributed by atoms with van der Waals surface area (Å²) < 4.78 is 23.0. The van der Waals surface area contributed by atoms with Gasteiger partial charge in [0.05, 0.1) is 11.4 Å². The third kappa shape index (κ3) is 5.74. The first-order chi connectivity index (χ1) is 13.5. The lowest BCUT2D eigenvalue weighted by Crippen LogP contribution is -2.12. The summed E-state index contributed by atoms with van der Waals surface area (Å²) in [5, 5.41) is 5.20. The minimum atomic E-state index is -3.16. The Labute approximate surface area is 175 Å². The van der Waals surface area contributed by atoms with Crippen LogP contribution in [0.2, 0.25) is 0 Å². The number of hydrogen-bond acceptors (Lipinski definition) is 5. The third-order valence-corrected chi connectivity index (χ3v) is 6.00. The van der Waals surface area contributed by atoms with Gasteiger partial charge in [-0.15, -0.1) is 11.3 Å². The summed E-state index contributed by atoms with van der Waals surface area (Å²) in [6.45, 7) is 6.51. The summed E-state index contributed by atoms with van der Waals surface area (Å²) in [4.78, 5) is 17.0. The van der Waals surface area contributed by atoms with Gasteiger partial charge in [-0.1, -0.05) is 57.2 Å². The molecular weight excluding hydrogens is 404 g/mol. The van der Waals surface area contributed by atoms with Crippen LogP contribution in [0.3, 0.4) is 0 Å². The van der Waals surface area contributed by atoms with E-state index in [1.165, 1.54) is 23.2 Å². The van der Waals surface area contributed by atoms with Crippen LogP contribution in [-0.2, 0) is 21.0 Å². The van der Waals surface area contributed by atoms with Gasteiger partial charge in [-0.2, -0.15) is 0 Å². The Morgan fingerprint density at radius 3 is 2.41 bits per heavy atom.